The van der Waals surface area contributed by atoms with Crippen LogP contribution < -0.4 is 0 Å². The third kappa shape index (κ3) is 4.20. The third-order valence-corrected chi connectivity index (χ3v) is 4.60. The van der Waals surface area contributed by atoms with Gasteiger partial charge in [-0.1, -0.05) is 17.7 Å². The number of aliphatic hydroxyl groups is 2. The molecule has 2 atom stereocenters. The molecule has 2 rings (SSSR count). The van der Waals surface area contributed by atoms with Gasteiger partial charge in [-0.3, -0.25) is 4.79 Å². The summed E-state index contributed by atoms with van der Waals surface area (Å²) in [5.74, 6) is -1.08. The highest BCUT2D eigenvalue weighted by molar-refractivity contribution is 6.31. The summed E-state index contributed by atoms with van der Waals surface area (Å²) in [6.07, 6.45) is 0. The van der Waals surface area contributed by atoms with Crippen LogP contribution >= 0.6 is 11.6 Å². The summed E-state index contributed by atoms with van der Waals surface area (Å²) in [6, 6.07) is 4.37. The Morgan fingerprint density at radius 1 is 1.39 bits per heavy atom. The fourth-order valence-electron chi connectivity index (χ4n) is 3.02. The lowest BCUT2D eigenvalue weighted by atomic mass is 9.96. The highest BCUT2D eigenvalue weighted by Crippen LogP contribution is 2.27. The van der Waals surface area contributed by atoms with Crippen LogP contribution in [0.3, 0.4) is 0 Å². The molecule has 0 radical (unpaired) electrons. The molecule has 128 valence electrons. The van der Waals surface area contributed by atoms with Gasteiger partial charge in [0.1, 0.15) is 0 Å². The zero-order valence-electron chi connectivity index (χ0n) is 13.1. The molecule has 0 spiro atoms. The summed E-state index contributed by atoms with van der Waals surface area (Å²) in [5, 5.41) is 18.4. The number of hydrogen-bond acceptors (Lipinski definition) is 4. The van der Waals surface area contributed by atoms with Gasteiger partial charge in [0.05, 0.1) is 17.2 Å². The van der Waals surface area contributed by atoms with E-state index in [1.54, 1.807) is 11.0 Å². The number of nitrogens with zero attached hydrogens (tertiary/aromatic N) is 2. The first-order chi connectivity index (χ1) is 11.0. The van der Waals surface area contributed by atoms with Crippen molar-refractivity contribution in [2.45, 2.75) is 0 Å². The van der Waals surface area contributed by atoms with Crippen LogP contribution in [-0.4, -0.2) is 72.4 Å². The van der Waals surface area contributed by atoms with Crippen LogP contribution in [0, 0.1) is 17.7 Å². The molecule has 1 aliphatic rings. The fourth-order valence-corrected chi connectivity index (χ4v) is 3.19. The van der Waals surface area contributed by atoms with Gasteiger partial charge in [0.15, 0.2) is 5.82 Å². The first-order valence-electron chi connectivity index (χ1n) is 7.61. The minimum atomic E-state index is -0.708. The Bertz CT molecular complexity index is 558. The van der Waals surface area contributed by atoms with Crippen molar-refractivity contribution in [3.8, 4) is 0 Å². The molecule has 5 nitrogen and oxygen atoms in total. The van der Waals surface area contributed by atoms with Crippen LogP contribution in [0.2, 0.25) is 5.02 Å². The van der Waals surface area contributed by atoms with Crippen LogP contribution in [0.4, 0.5) is 4.39 Å². The second-order valence-electron chi connectivity index (χ2n) is 6.00. The summed E-state index contributed by atoms with van der Waals surface area (Å²) in [6.45, 7) is 2.06. The van der Waals surface area contributed by atoms with Crippen molar-refractivity contribution >= 4 is 17.5 Å². The molecule has 1 aromatic carbocycles. The molecule has 0 aromatic heterocycles. The molecular weight excluding hydrogens is 323 g/mol. The van der Waals surface area contributed by atoms with Crippen LogP contribution in [0.5, 0.6) is 0 Å². The number of rotatable bonds is 6. The van der Waals surface area contributed by atoms with Crippen molar-refractivity contribution in [2.75, 3.05) is 46.4 Å². The van der Waals surface area contributed by atoms with Gasteiger partial charge < -0.3 is 20.0 Å². The standard InChI is InChI=1S/C16H22ClFN2O3/c1-19(5-6-21)7-11-8-20(9-12(11)10-22)16(23)13-3-2-4-14(17)15(13)18/h2-4,11-12,21-22H,5-10H2,1H3. The monoisotopic (exact) mass is 344 g/mol. The summed E-state index contributed by atoms with van der Waals surface area (Å²) in [7, 11) is 1.88. The SMILES string of the molecule is CN(CCO)CC1CN(C(=O)c2cccc(Cl)c2F)CC1CO. The van der Waals surface area contributed by atoms with Crippen molar-refractivity contribution in [1.29, 1.82) is 0 Å². The summed E-state index contributed by atoms with van der Waals surface area (Å²) >= 11 is 5.74. The predicted octanol–water partition coefficient (Wildman–Crippen LogP) is 1.08. The molecule has 1 aromatic rings. The van der Waals surface area contributed by atoms with Crippen molar-refractivity contribution in [3.05, 3.63) is 34.6 Å². The predicted molar refractivity (Wildman–Crippen MR) is 86.0 cm³/mol. The number of carbonyl (C=O) groups excluding carboxylic acids is 1. The maximum absolute atomic E-state index is 14.0. The topological polar surface area (TPSA) is 64.0 Å². The molecule has 2 N–H and O–H groups in total. The molecule has 0 saturated carbocycles. The quantitative estimate of drug-likeness (QED) is 0.810. The van der Waals surface area contributed by atoms with E-state index < -0.39 is 11.7 Å². The Hall–Kier alpha value is -1.21. The number of aliphatic hydroxyl groups excluding tert-OH is 2. The number of likely N-dealkylation sites (tertiary alicyclic amines) is 1. The zero-order valence-corrected chi connectivity index (χ0v) is 13.8. The molecule has 1 heterocycles. The van der Waals surface area contributed by atoms with E-state index in [2.05, 4.69) is 0 Å². The molecule has 2 unspecified atom stereocenters. The lowest BCUT2D eigenvalue weighted by molar-refractivity contribution is 0.0774. The van der Waals surface area contributed by atoms with E-state index in [0.29, 0.717) is 26.2 Å². The Kier molecular flexibility index (Phi) is 6.35. The minimum absolute atomic E-state index is 0.0283. The average Bonchev–Trinajstić information content (AvgIpc) is 2.92. The smallest absolute Gasteiger partial charge is 0.256 e. The number of amides is 1. The Balaban J connectivity index is 2.09. The van der Waals surface area contributed by atoms with Crippen LogP contribution in [0.25, 0.3) is 0 Å². The van der Waals surface area contributed by atoms with E-state index in [1.807, 2.05) is 11.9 Å². The Labute approximate surface area is 140 Å². The highest BCUT2D eigenvalue weighted by Gasteiger charge is 2.36. The normalized spacial score (nSPS) is 21.2. The summed E-state index contributed by atoms with van der Waals surface area (Å²) < 4.78 is 14.0. The second-order valence-corrected chi connectivity index (χ2v) is 6.41. The Morgan fingerprint density at radius 2 is 2.09 bits per heavy atom. The molecule has 1 aliphatic heterocycles. The minimum Gasteiger partial charge on any atom is -0.396 e. The first kappa shape index (κ1) is 18.1. The lowest BCUT2D eigenvalue weighted by Gasteiger charge is -2.23. The van der Waals surface area contributed by atoms with Gasteiger partial charge in [-0.2, -0.15) is 0 Å². The van der Waals surface area contributed by atoms with Gasteiger partial charge in [-0.15, -0.1) is 0 Å². The van der Waals surface area contributed by atoms with Gasteiger partial charge in [-0.25, -0.2) is 4.39 Å². The molecule has 23 heavy (non-hydrogen) atoms. The number of halogens is 2. The van der Waals surface area contributed by atoms with Gasteiger partial charge in [0, 0.05) is 38.7 Å². The largest absolute Gasteiger partial charge is 0.396 e. The van der Waals surface area contributed by atoms with E-state index in [4.69, 9.17) is 16.7 Å². The van der Waals surface area contributed by atoms with Crippen molar-refractivity contribution in [1.82, 2.24) is 9.80 Å². The van der Waals surface area contributed by atoms with Crippen molar-refractivity contribution in [3.63, 3.8) is 0 Å². The number of hydrogen-bond donors (Lipinski definition) is 2. The van der Waals surface area contributed by atoms with Gasteiger partial charge in [0.25, 0.3) is 5.91 Å². The fraction of sp³-hybridized carbons (Fsp3) is 0.562. The molecule has 1 fully saturated rings. The number of benzene rings is 1. The maximum atomic E-state index is 14.0. The second kappa shape index (κ2) is 8.06. The molecule has 1 saturated heterocycles. The Morgan fingerprint density at radius 3 is 2.74 bits per heavy atom. The molecule has 0 bridgehead atoms. The van der Waals surface area contributed by atoms with Crippen LogP contribution in [-0.2, 0) is 0 Å². The lowest BCUT2D eigenvalue weighted by Crippen LogP contribution is -2.33. The number of carbonyl (C=O) groups is 1. The molecule has 0 aliphatic carbocycles. The molecule has 7 heteroatoms. The number of likely N-dealkylation sites (N-methyl/N-ethyl adjacent to an activating group) is 1. The zero-order chi connectivity index (χ0) is 17.0. The molecule has 1 amide bonds. The van der Waals surface area contributed by atoms with E-state index >= 15 is 0 Å². The highest BCUT2D eigenvalue weighted by atomic mass is 35.5. The average molecular weight is 345 g/mol. The van der Waals surface area contributed by atoms with E-state index in [1.165, 1.54) is 12.1 Å². The van der Waals surface area contributed by atoms with E-state index in [-0.39, 0.29) is 35.6 Å². The molecular formula is C16H22ClFN2O3. The van der Waals surface area contributed by atoms with Gasteiger partial charge >= 0.3 is 0 Å². The van der Waals surface area contributed by atoms with E-state index in [9.17, 15) is 14.3 Å². The summed E-state index contributed by atoms with van der Waals surface area (Å²) in [4.78, 5) is 16.1. The summed E-state index contributed by atoms with van der Waals surface area (Å²) in [5.41, 5.74) is -0.0430. The van der Waals surface area contributed by atoms with Crippen molar-refractivity contribution in [2.24, 2.45) is 11.8 Å². The van der Waals surface area contributed by atoms with Gasteiger partial charge in [-0.05, 0) is 25.1 Å². The van der Waals surface area contributed by atoms with E-state index in [0.717, 1.165) is 0 Å². The first-order valence-corrected chi connectivity index (χ1v) is 7.99. The van der Waals surface area contributed by atoms with Gasteiger partial charge in [0.2, 0.25) is 0 Å². The third-order valence-electron chi connectivity index (χ3n) is 4.31. The van der Waals surface area contributed by atoms with Crippen LogP contribution in [0.1, 0.15) is 10.4 Å². The van der Waals surface area contributed by atoms with Crippen LogP contribution in [0.15, 0.2) is 18.2 Å². The maximum Gasteiger partial charge on any atom is 0.256 e. The van der Waals surface area contributed by atoms with Crippen molar-refractivity contribution < 1.29 is 19.4 Å².